The number of aromatic nitrogens is 2. The Morgan fingerprint density at radius 1 is 1.00 bits per heavy atom. The fourth-order valence-electron chi connectivity index (χ4n) is 2.77. The van der Waals surface area contributed by atoms with Gasteiger partial charge in [-0.25, -0.2) is 4.98 Å². The summed E-state index contributed by atoms with van der Waals surface area (Å²) in [7, 11) is 2.18. The van der Waals surface area contributed by atoms with E-state index in [1.807, 2.05) is 0 Å². The van der Waals surface area contributed by atoms with Gasteiger partial charge in [0.05, 0.1) is 11.0 Å². The summed E-state index contributed by atoms with van der Waals surface area (Å²) in [6.07, 6.45) is 0. The van der Waals surface area contributed by atoms with Crippen LogP contribution in [0, 0.1) is 0 Å². The van der Waals surface area contributed by atoms with Crippen LogP contribution in [0.1, 0.15) is 19.9 Å². The van der Waals surface area contributed by atoms with Gasteiger partial charge in [0.2, 0.25) is 5.95 Å². The smallest absolute Gasteiger partial charge is 0.206 e. The molecule has 0 amide bonds. The summed E-state index contributed by atoms with van der Waals surface area (Å²) >= 11 is 0. The molecule has 2 heterocycles. The second-order valence-corrected chi connectivity index (χ2v) is 5.65. The summed E-state index contributed by atoms with van der Waals surface area (Å²) in [5.41, 5.74) is 2.34. The molecule has 0 bridgehead atoms. The summed E-state index contributed by atoms with van der Waals surface area (Å²) in [6, 6.07) is 8.86. The predicted octanol–water partition coefficient (Wildman–Crippen LogP) is 3.21. The van der Waals surface area contributed by atoms with Crippen molar-refractivity contribution in [2.24, 2.45) is 0 Å². The Balaban J connectivity index is 0.00000110. The fraction of sp³-hybridized carbons (Fsp3) is 0.533. The van der Waals surface area contributed by atoms with Crippen LogP contribution in [-0.2, 0) is 0 Å². The maximum atomic E-state index is 4.85. The molecule has 0 spiro atoms. The zero-order chi connectivity index (χ0) is 13.4. The minimum Gasteiger partial charge on any atom is -0.340 e. The molecule has 1 aliphatic rings. The highest BCUT2D eigenvalue weighted by molar-refractivity contribution is 5.85. The lowest BCUT2D eigenvalue weighted by atomic mass is 10.3. The van der Waals surface area contributed by atoms with Crippen LogP contribution < -0.4 is 4.90 Å². The Kier molecular flexibility index (Phi) is 6.32. The average Bonchev–Trinajstić information content (AvgIpc) is 2.78. The topological polar surface area (TPSA) is 24.3 Å². The van der Waals surface area contributed by atoms with Crippen LogP contribution in [-0.4, -0.2) is 47.7 Å². The van der Waals surface area contributed by atoms with Crippen molar-refractivity contribution >= 4 is 41.8 Å². The molecule has 4 nitrogen and oxygen atoms in total. The van der Waals surface area contributed by atoms with Crippen LogP contribution >= 0.6 is 24.8 Å². The number of hydrogen-bond donors (Lipinski definition) is 0. The zero-order valence-corrected chi connectivity index (χ0v) is 14.5. The van der Waals surface area contributed by atoms with Crippen LogP contribution in [0.15, 0.2) is 24.3 Å². The van der Waals surface area contributed by atoms with Gasteiger partial charge in [-0.15, -0.1) is 24.8 Å². The van der Waals surface area contributed by atoms with Crippen molar-refractivity contribution in [3.8, 4) is 0 Å². The van der Waals surface area contributed by atoms with Gasteiger partial charge in [-0.3, -0.25) is 0 Å². The summed E-state index contributed by atoms with van der Waals surface area (Å²) in [6.45, 7) is 8.81. The molecule has 1 aromatic carbocycles. The second kappa shape index (κ2) is 7.34. The van der Waals surface area contributed by atoms with E-state index in [1.165, 1.54) is 5.52 Å². The van der Waals surface area contributed by atoms with Crippen molar-refractivity contribution in [1.82, 2.24) is 14.5 Å². The maximum absolute atomic E-state index is 4.85. The SMILES string of the molecule is CC(C)n1c(N2CCN(C)CC2)nc2ccccc21.Cl.Cl. The van der Waals surface area contributed by atoms with Gasteiger partial charge in [0, 0.05) is 32.2 Å². The van der Waals surface area contributed by atoms with Gasteiger partial charge in [-0.2, -0.15) is 0 Å². The highest BCUT2D eigenvalue weighted by Gasteiger charge is 2.21. The van der Waals surface area contributed by atoms with Gasteiger partial charge in [0.1, 0.15) is 0 Å². The van der Waals surface area contributed by atoms with E-state index in [9.17, 15) is 0 Å². The summed E-state index contributed by atoms with van der Waals surface area (Å²) in [4.78, 5) is 9.64. The molecule has 21 heavy (non-hydrogen) atoms. The summed E-state index contributed by atoms with van der Waals surface area (Å²) < 4.78 is 2.36. The van der Waals surface area contributed by atoms with Gasteiger partial charge in [-0.05, 0) is 33.0 Å². The first kappa shape index (κ1) is 18.1. The van der Waals surface area contributed by atoms with E-state index in [-0.39, 0.29) is 24.8 Å². The Morgan fingerprint density at radius 3 is 2.24 bits per heavy atom. The molecular formula is C15H24Cl2N4. The normalized spacial score (nSPS) is 15.9. The standard InChI is InChI=1S/C15H22N4.2ClH/c1-12(2)19-14-7-5-4-6-13(14)16-15(19)18-10-8-17(3)9-11-18;;/h4-7,12H,8-11H2,1-3H3;2*1H. The van der Waals surface area contributed by atoms with Crippen molar-refractivity contribution < 1.29 is 0 Å². The summed E-state index contributed by atoms with van der Waals surface area (Å²) in [5, 5.41) is 0. The number of benzene rings is 1. The van der Waals surface area contributed by atoms with E-state index in [1.54, 1.807) is 0 Å². The fourth-order valence-corrected chi connectivity index (χ4v) is 2.77. The van der Waals surface area contributed by atoms with E-state index in [0.717, 1.165) is 37.6 Å². The molecule has 0 saturated carbocycles. The van der Waals surface area contributed by atoms with Crippen LogP contribution in [0.2, 0.25) is 0 Å². The number of fused-ring (bicyclic) bond motifs is 1. The molecule has 1 aliphatic heterocycles. The Bertz CT molecular complexity index is 574. The van der Waals surface area contributed by atoms with Gasteiger partial charge in [0.25, 0.3) is 0 Å². The molecule has 6 heteroatoms. The van der Waals surface area contributed by atoms with Gasteiger partial charge >= 0.3 is 0 Å². The number of nitrogens with zero attached hydrogens (tertiary/aromatic N) is 4. The Hall–Kier alpha value is -0.970. The molecule has 1 saturated heterocycles. The number of hydrogen-bond acceptors (Lipinski definition) is 3. The van der Waals surface area contributed by atoms with Crippen molar-refractivity contribution in [1.29, 1.82) is 0 Å². The van der Waals surface area contributed by atoms with Crippen molar-refractivity contribution in [3.63, 3.8) is 0 Å². The van der Waals surface area contributed by atoms with Crippen LogP contribution in [0.25, 0.3) is 11.0 Å². The van der Waals surface area contributed by atoms with Crippen LogP contribution in [0.4, 0.5) is 5.95 Å². The van der Waals surface area contributed by atoms with E-state index in [4.69, 9.17) is 4.98 Å². The zero-order valence-electron chi connectivity index (χ0n) is 12.8. The molecule has 2 aromatic rings. The molecule has 0 aliphatic carbocycles. The number of anilines is 1. The quantitative estimate of drug-likeness (QED) is 0.845. The number of likely N-dealkylation sites (N-methyl/N-ethyl adjacent to an activating group) is 1. The van der Waals surface area contributed by atoms with Gasteiger partial charge in [0.15, 0.2) is 0 Å². The first-order chi connectivity index (χ1) is 9.16. The minimum absolute atomic E-state index is 0. The third-order valence-electron chi connectivity index (χ3n) is 3.88. The Labute approximate surface area is 138 Å². The van der Waals surface area contributed by atoms with E-state index < -0.39 is 0 Å². The number of rotatable bonds is 2. The largest absolute Gasteiger partial charge is 0.340 e. The van der Waals surface area contributed by atoms with Crippen LogP contribution in [0.3, 0.4) is 0 Å². The number of imidazole rings is 1. The first-order valence-corrected chi connectivity index (χ1v) is 7.07. The lowest BCUT2D eigenvalue weighted by Crippen LogP contribution is -2.45. The average molecular weight is 331 g/mol. The Morgan fingerprint density at radius 2 is 1.62 bits per heavy atom. The second-order valence-electron chi connectivity index (χ2n) is 5.65. The molecule has 1 fully saturated rings. The molecule has 0 radical (unpaired) electrons. The monoisotopic (exact) mass is 330 g/mol. The summed E-state index contributed by atoms with van der Waals surface area (Å²) in [5.74, 6) is 1.13. The lowest BCUT2D eigenvalue weighted by molar-refractivity contribution is 0.309. The first-order valence-electron chi connectivity index (χ1n) is 7.07. The molecule has 0 atom stereocenters. The number of para-hydroxylation sites is 2. The lowest BCUT2D eigenvalue weighted by Gasteiger charge is -2.34. The minimum atomic E-state index is 0. The van der Waals surface area contributed by atoms with Gasteiger partial charge < -0.3 is 14.4 Å². The maximum Gasteiger partial charge on any atom is 0.206 e. The van der Waals surface area contributed by atoms with Gasteiger partial charge in [-0.1, -0.05) is 12.1 Å². The van der Waals surface area contributed by atoms with E-state index in [0.29, 0.717) is 6.04 Å². The van der Waals surface area contributed by atoms with E-state index >= 15 is 0 Å². The molecule has 0 N–H and O–H groups in total. The molecular weight excluding hydrogens is 307 g/mol. The highest BCUT2D eigenvalue weighted by atomic mass is 35.5. The third-order valence-corrected chi connectivity index (χ3v) is 3.88. The molecule has 118 valence electrons. The van der Waals surface area contributed by atoms with E-state index in [2.05, 4.69) is 59.5 Å². The highest BCUT2D eigenvalue weighted by Crippen LogP contribution is 2.27. The molecule has 1 aromatic heterocycles. The van der Waals surface area contributed by atoms with Crippen molar-refractivity contribution in [3.05, 3.63) is 24.3 Å². The molecule has 0 unspecified atom stereocenters. The molecule has 3 rings (SSSR count). The van der Waals surface area contributed by atoms with Crippen molar-refractivity contribution in [2.45, 2.75) is 19.9 Å². The van der Waals surface area contributed by atoms with Crippen molar-refractivity contribution in [2.75, 3.05) is 38.1 Å². The third kappa shape index (κ3) is 3.44. The number of halogens is 2. The number of piperazine rings is 1. The van der Waals surface area contributed by atoms with Crippen LogP contribution in [0.5, 0.6) is 0 Å². The predicted molar refractivity (Wildman–Crippen MR) is 94.3 cm³/mol.